The molecule has 2 aliphatic heterocycles. The Morgan fingerprint density at radius 2 is 1.69 bits per heavy atom. The van der Waals surface area contributed by atoms with Crippen molar-refractivity contribution in [2.45, 2.75) is 16.2 Å². The number of carbonyl (C=O) groups is 2. The van der Waals surface area contributed by atoms with E-state index in [-0.39, 0.29) is 22.6 Å². The van der Waals surface area contributed by atoms with Gasteiger partial charge in [0.1, 0.15) is 11.0 Å². The van der Waals surface area contributed by atoms with Crippen molar-refractivity contribution < 1.29 is 14.3 Å². The first-order valence-corrected chi connectivity index (χ1v) is 10.7. The Morgan fingerprint density at radius 3 is 2.38 bits per heavy atom. The van der Waals surface area contributed by atoms with E-state index in [4.69, 9.17) is 4.74 Å². The normalized spacial score (nSPS) is 23.1. The lowest BCUT2D eigenvalue weighted by Gasteiger charge is -2.29. The van der Waals surface area contributed by atoms with E-state index < -0.39 is 11.2 Å². The Bertz CT molecular complexity index is 1150. The number of rotatable bonds is 3. The number of nitrogens with one attached hydrogen (secondary N) is 1. The van der Waals surface area contributed by atoms with E-state index in [0.717, 1.165) is 21.8 Å². The van der Waals surface area contributed by atoms with E-state index in [1.54, 1.807) is 31.4 Å². The summed E-state index contributed by atoms with van der Waals surface area (Å²) in [5.41, 5.74) is 1.46. The number of fused-ring (bicyclic) bond motifs is 2. The van der Waals surface area contributed by atoms with Gasteiger partial charge in [-0.25, -0.2) is 4.90 Å². The van der Waals surface area contributed by atoms with Gasteiger partial charge < -0.3 is 9.72 Å². The van der Waals surface area contributed by atoms with Gasteiger partial charge in [0.2, 0.25) is 11.8 Å². The third-order valence-corrected chi connectivity index (χ3v) is 7.71. The zero-order chi connectivity index (χ0) is 20.1. The Morgan fingerprint density at radius 1 is 0.966 bits per heavy atom. The summed E-state index contributed by atoms with van der Waals surface area (Å²) in [5, 5.41) is 0.102. The van der Waals surface area contributed by atoms with E-state index >= 15 is 0 Å². The van der Waals surface area contributed by atoms with Crippen LogP contribution in [0.2, 0.25) is 0 Å². The van der Waals surface area contributed by atoms with Gasteiger partial charge in [0.05, 0.1) is 23.7 Å². The summed E-state index contributed by atoms with van der Waals surface area (Å²) in [4.78, 5) is 43.5. The number of aromatic nitrogens is 1. The van der Waals surface area contributed by atoms with Crippen LogP contribution in [-0.4, -0.2) is 29.2 Å². The molecule has 29 heavy (non-hydrogen) atoms. The Kier molecular flexibility index (Phi) is 4.33. The molecule has 8 heteroatoms. The van der Waals surface area contributed by atoms with Gasteiger partial charge in [-0.15, -0.1) is 0 Å². The fourth-order valence-electron chi connectivity index (χ4n) is 4.02. The zero-order valence-corrected chi connectivity index (χ0v) is 17.0. The lowest BCUT2D eigenvalue weighted by atomic mass is 9.83. The van der Waals surface area contributed by atoms with Gasteiger partial charge in [-0.3, -0.25) is 14.4 Å². The van der Waals surface area contributed by atoms with Gasteiger partial charge in [-0.1, -0.05) is 53.4 Å². The quantitative estimate of drug-likeness (QED) is 0.653. The number of amides is 2. The number of imide groups is 1. The molecule has 0 aliphatic carbocycles. The van der Waals surface area contributed by atoms with E-state index in [9.17, 15) is 14.4 Å². The summed E-state index contributed by atoms with van der Waals surface area (Å²) >= 11 is 2.39. The number of thioether (sulfide) groups is 1. The molecule has 1 saturated heterocycles. The van der Waals surface area contributed by atoms with Crippen LogP contribution in [-0.2, 0) is 9.59 Å². The standard InChI is InChI=1S/C21H16N2O4S2/c1-27-13-9-7-11(8-10-13)14-15-17(28-18-16(14)29-21(26)22-18)20(25)23(19(15)24)12-5-3-2-4-6-12/h2-10,14-15,17H,1H3,(H,22,26)/t14-,15-,17-/m1/s1. The van der Waals surface area contributed by atoms with Crippen molar-refractivity contribution in [2.75, 3.05) is 12.0 Å². The summed E-state index contributed by atoms with van der Waals surface area (Å²) in [5.74, 6) is -0.701. The molecule has 1 N–H and O–H groups in total. The average molecular weight is 425 g/mol. The first kappa shape index (κ1) is 18.2. The third kappa shape index (κ3) is 2.82. The largest absolute Gasteiger partial charge is 0.497 e. The molecule has 2 aromatic carbocycles. The molecule has 0 saturated carbocycles. The number of methoxy groups -OCH3 is 1. The summed E-state index contributed by atoms with van der Waals surface area (Å²) in [6.07, 6.45) is 0. The number of benzene rings is 2. The van der Waals surface area contributed by atoms with Crippen molar-refractivity contribution in [1.82, 2.24) is 4.98 Å². The molecule has 5 rings (SSSR count). The summed E-state index contributed by atoms with van der Waals surface area (Å²) in [7, 11) is 1.59. The van der Waals surface area contributed by atoms with Gasteiger partial charge >= 0.3 is 4.87 Å². The number of hydrogen-bond donors (Lipinski definition) is 1. The molecule has 6 nitrogen and oxygen atoms in total. The Hall–Kier alpha value is -2.84. The predicted octanol–water partition coefficient (Wildman–Crippen LogP) is 3.24. The maximum absolute atomic E-state index is 13.5. The monoisotopic (exact) mass is 424 g/mol. The number of anilines is 1. The van der Waals surface area contributed by atoms with Crippen LogP contribution in [0.3, 0.4) is 0 Å². The zero-order valence-electron chi connectivity index (χ0n) is 15.3. The topological polar surface area (TPSA) is 79.5 Å². The Balaban J connectivity index is 1.64. The molecule has 0 bridgehead atoms. The van der Waals surface area contributed by atoms with Gasteiger partial charge in [0.15, 0.2) is 0 Å². The minimum Gasteiger partial charge on any atom is -0.497 e. The van der Waals surface area contributed by atoms with E-state index in [1.165, 1.54) is 16.7 Å². The van der Waals surface area contributed by atoms with Crippen molar-refractivity contribution in [3.8, 4) is 5.75 Å². The molecule has 0 spiro atoms. The van der Waals surface area contributed by atoms with Crippen LogP contribution in [0.25, 0.3) is 0 Å². The van der Waals surface area contributed by atoms with Gasteiger partial charge in [-0.05, 0) is 29.8 Å². The third-order valence-electron chi connectivity index (χ3n) is 5.31. The summed E-state index contributed by atoms with van der Waals surface area (Å²) < 4.78 is 5.24. The van der Waals surface area contributed by atoms with Gasteiger partial charge in [-0.2, -0.15) is 0 Å². The number of hydrogen-bond acceptors (Lipinski definition) is 6. The highest BCUT2D eigenvalue weighted by molar-refractivity contribution is 8.00. The Labute approximate surface area is 174 Å². The molecular formula is C21H16N2O4S2. The highest BCUT2D eigenvalue weighted by Crippen LogP contribution is 2.53. The second kappa shape index (κ2) is 6.89. The maximum atomic E-state index is 13.5. The number of carbonyl (C=O) groups excluding carboxylic acids is 2. The first-order valence-electron chi connectivity index (χ1n) is 9.05. The molecule has 2 amide bonds. The van der Waals surface area contributed by atoms with Crippen molar-refractivity contribution in [2.24, 2.45) is 5.92 Å². The van der Waals surface area contributed by atoms with Crippen LogP contribution >= 0.6 is 23.1 Å². The SMILES string of the molecule is COc1ccc([C@H]2c3sc(=O)[nH]c3S[C@H]3C(=O)N(c4ccccc4)C(=O)[C@H]23)cc1. The lowest BCUT2D eigenvalue weighted by Crippen LogP contribution is -2.32. The number of ether oxygens (including phenoxy) is 1. The van der Waals surface area contributed by atoms with E-state index in [1.807, 2.05) is 30.3 Å². The molecule has 3 aromatic rings. The van der Waals surface area contributed by atoms with Crippen molar-refractivity contribution >= 4 is 40.6 Å². The molecule has 2 aliphatic rings. The second-order valence-electron chi connectivity index (χ2n) is 6.87. The van der Waals surface area contributed by atoms with Crippen LogP contribution in [0.1, 0.15) is 16.4 Å². The number of aromatic amines is 1. The van der Waals surface area contributed by atoms with Crippen LogP contribution in [0, 0.1) is 5.92 Å². The minimum absolute atomic E-state index is 0.180. The van der Waals surface area contributed by atoms with Gasteiger partial charge in [0, 0.05) is 10.8 Å². The van der Waals surface area contributed by atoms with Crippen molar-refractivity contribution in [1.29, 1.82) is 0 Å². The molecule has 146 valence electrons. The highest BCUT2D eigenvalue weighted by atomic mass is 32.2. The molecule has 0 unspecified atom stereocenters. The van der Waals surface area contributed by atoms with Crippen LogP contribution in [0.4, 0.5) is 5.69 Å². The number of H-pyrrole nitrogens is 1. The fourth-order valence-corrected chi connectivity index (χ4v) is 6.53. The molecule has 1 fully saturated rings. The molecule has 3 atom stereocenters. The summed E-state index contributed by atoms with van der Waals surface area (Å²) in [6.45, 7) is 0. The summed E-state index contributed by atoms with van der Waals surface area (Å²) in [6, 6.07) is 16.4. The number of thiazole rings is 1. The predicted molar refractivity (Wildman–Crippen MR) is 112 cm³/mol. The van der Waals surface area contributed by atoms with E-state index in [2.05, 4.69) is 4.98 Å². The van der Waals surface area contributed by atoms with Crippen LogP contribution < -0.4 is 14.5 Å². The average Bonchev–Trinajstić information content (AvgIpc) is 3.23. The second-order valence-corrected chi connectivity index (χ2v) is 9.04. The maximum Gasteiger partial charge on any atom is 0.305 e. The first-order chi connectivity index (χ1) is 14.1. The molecular weight excluding hydrogens is 408 g/mol. The molecule has 3 heterocycles. The van der Waals surface area contributed by atoms with Crippen molar-refractivity contribution in [3.63, 3.8) is 0 Å². The minimum atomic E-state index is -0.576. The number of nitrogens with zero attached hydrogens (tertiary/aromatic N) is 1. The van der Waals surface area contributed by atoms with Crippen LogP contribution in [0.5, 0.6) is 5.75 Å². The molecule has 0 radical (unpaired) electrons. The van der Waals surface area contributed by atoms with E-state index in [0.29, 0.717) is 16.5 Å². The van der Waals surface area contributed by atoms with Crippen LogP contribution in [0.15, 0.2) is 64.4 Å². The fraction of sp³-hybridized carbons (Fsp3) is 0.190. The van der Waals surface area contributed by atoms with Gasteiger partial charge in [0.25, 0.3) is 0 Å². The highest BCUT2D eigenvalue weighted by Gasteiger charge is 2.56. The lowest BCUT2D eigenvalue weighted by molar-refractivity contribution is -0.122. The molecule has 1 aromatic heterocycles. The number of para-hydroxylation sites is 1. The smallest absolute Gasteiger partial charge is 0.305 e. The van der Waals surface area contributed by atoms with Crippen molar-refractivity contribution in [3.05, 3.63) is 74.7 Å².